The third-order valence-electron chi connectivity index (χ3n) is 6.31. The number of aromatic nitrogens is 1. The average Bonchev–Trinajstić information content (AvgIpc) is 3.09. The van der Waals surface area contributed by atoms with Crippen LogP contribution in [-0.4, -0.2) is 33.9 Å². The van der Waals surface area contributed by atoms with Crippen LogP contribution in [0.25, 0.3) is 10.9 Å². The number of carbonyl (C=O) groups is 1. The first-order valence-corrected chi connectivity index (χ1v) is 9.64. The van der Waals surface area contributed by atoms with Crippen LogP contribution in [0.4, 0.5) is 5.69 Å². The van der Waals surface area contributed by atoms with Gasteiger partial charge in [0.05, 0.1) is 16.7 Å². The molecule has 1 fully saturated rings. The van der Waals surface area contributed by atoms with E-state index < -0.39 is 5.54 Å². The van der Waals surface area contributed by atoms with Crippen LogP contribution >= 0.6 is 0 Å². The number of nitrogens with zero attached hydrogens (tertiary/aromatic N) is 2. The summed E-state index contributed by atoms with van der Waals surface area (Å²) in [7, 11) is 0. The Morgan fingerprint density at radius 3 is 2.52 bits per heavy atom. The van der Waals surface area contributed by atoms with Crippen molar-refractivity contribution in [3.05, 3.63) is 71.9 Å². The number of hydrogen-bond acceptors (Lipinski definition) is 3. The molecule has 4 nitrogen and oxygen atoms in total. The van der Waals surface area contributed by atoms with Crippen LogP contribution in [0.2, 0.25) is 0 Å². The Hall–Kier alpha value is -2.72. The molecule has 1 N–H and O–H groups in total. The standard InChI is InChI=1S/C23H23N3O/c1-23(11-13-26(23)19-14-17-6-2-3-7-18(17)15-19)22(27)25-20-10-4-8-16-9-5-12-24-21(16)20/h2-10,12,19H,11,13-15H2,1H3,(H,25,27). The zero-order valence-corrected chi connectivity index (χ0v) is 15.5. The molecule has 5 rings (SSSR count). The van der Waals surface area contributed by atoms with Crippen LogP contribution in [0.5, 0.6) is 0 Å². The molecular weight excluding hydrogens is 334 g/mol. The second-order valence-corrected chi connectivity index (χ2v) is 7.88. The molecule has 1 unspecified atom stereocenters. The molecule has 1 amide bonds. The van der Waals surface area contributed by atoms with Gasteiger partial charge in [-0.1, -0.05) is 42.5 Å². The Morgan fingerprint density at radius 1 is 1.07 bits per heavy atom. The molecule has 1 aromatic heterocycles. The highest BCUT2D eigenvalue weighted by atomic mass is 16.2. The molecule has 1 aliphatic heterocycles. The summed E-state index contributed by atoms with van der Waals surface area (Å²) < 4.78 is 0. The summed E-state index contributed by atoms with van der Waals surface area (Å²) >= 11 is 0. The van der Waals surface area contributed by atoms with E-state index in [1.165, 1.54) is 11.1 Å². The second kappa shape index (κ2) is 6.17. The van der Waals surface area contributed by atoms with Crippen molar-refractivity contribution < 1.29 is 4.79 Å². The maximum absolute atomic E-state index is 13.2. The van der Waals surface area contributed by atoms with Gasteiger partial charge in [-0.15, -0.1) is 0 Å². The summed E-state index contributed by atoms with van der Waals surface area (Å²) in [5.41, 5.74) is 4.03. The number of nitrogens with one attached hydrogen (secondary N) is 1. The van der Waals surface area contributed by atoms with Crippen LogP contribution in [0.3, 0.4) is 0 Å². The smallest absolute Gasteiger partial charge is 0.244 e. The van der Waals surface area contributed by atoms with Gasteiger partial charge in [0.15, 0.2) is 0 Å². The van der Waals surface area contributed by atoms with Gasteiger partial charge in [-0.25, -0.2) is 0 Å². The number of rotatable bonds is 3. The molecule has 2 aromatic carbocycles. The fraction of sp³-hybridized carbons (Fsp3) is 0.304. The van der Waals surface area contributed by atoms with Gasteiger partial charge in [-0.05, 0) is 49.4 Å². The van der Waals surface area contributed by atoms with Crippen molar-refractivity contribution in [1.29, 1.82) is 0 Å². The first-order valence-electron chi connectivity index (χ1n) is 9.64. The number of fused-ring (bicyclic) bond motifs is 2. The lowest BCUT2D eigenvalue weighted by Crippen LogP contribution is -2.67. The molecule has 27 heavy (non-hydrogen) atoms. The highest BCUT2D eigenvalue weighted by molar-refractivity contribution is 6.04. The largest absolute Gasteiger partial charge is 0.323 e. The van der Waals surface area contributed by atoms with Crippen molar-refractivity contribution in [2.75, 3.05) is 11.9 Å². The summed E-state index contributed by atoms with van der Waals surface area (Å²) in [5, 5.41) is 4.20. The van der Waals surface area contributed by atoms with E-state index >= 15 is 0 Å². The number of amides is 1. The molecule has 2 heterocycles. The first-order chi connectivity index (χ1) is 13.1. The maximum atomic E-state index is 13.2. The van der Waals surface area contributed by atoms with E-state index in [1.54, 1.807) is 6.20 Å². The number of para-hydroxylation sites is 1. The monoisotopic (exact) mass is 357 g/mol. The lowest BCUT2D eigenvalue weighted by molar-refractivity contribution is -0.138. The molecule has 136 valence electrons. The number of benzene rings is 2. The van der Waals surface area contributed by atoms with Crippen molar-refractivity contribution in [3.63, 3.8) is 0 Å². The second-order valence-electron chi connectivity index (χ2n) is 7.88. The van der Waals surface area contributed by atoms with E-state index in [-0.39, 0.29) is 5.91 Å². The highest BCUT2D eigenvalue weighted by Crippen LogP contribution is 2.38. The van der Waals surface area contributed by atoms with Crippen molar-refractivity contribution >= 4 is 22.5 Å². The van der Waals surface area contributed by atoms with Gasteiger partial charge >= 0.3 is 0 Å². The van der Waals surface area contributed by atoms with Crippen LogP contribution in [-0.2, 0) is 17.6 Å². The van der Waals surface area contributed by atoms with Gasteiger partial charge in [0.25, 0.3) is 0 Å². The van der Waals surface area contributed by atoms with Crippen LogP contribution in [0, 0.1) is 0 Å². The molecule has 0 radical (unpaired) electrons. The fourth-order valence-corrected chi connectivity index (χ4v) is 4.62. The topological polar surface area (TPSA) is 45.2 Å². The predicted octanol–water partition coefficient (Wildman–Crippen LogP) is 3.81. The number of carbonyl (C=O) groups excluding carboxylic acids is 1. The van der Waals surface area contributed by atoms with Crippen LogP contribution in [0.15, 0.2) is 60.8 Å². The van der Waals surface area contributed by atoms with Crippen LogP contribution in [0.1, 0.15) is 24.5 Å². The fourth-order valence-electron chi connectivity index (χ4n) is 4.62. The summed E-state index contributed by atoms with van der Waals surface area (Å²) in [6.45, 7) is 3.06. The van der Waals surface area contributed by atoms with E-state index in [1.807, 2.05) is 30.3 Å². The van der Waals surface area contributed by atoms with E-state index in [2.05, 4.69) is 46.4 Å². The third kappa shape index (κ3) is 2.63. The third-order valence-corrected chi connectivity index (χ3v) is 6.31. The molecule has 0 spiro atoms. The summed E-state index contributed by atoms with van der Waals surface area (Å²) in [4.78, 5) is 20.1. The molecule has 0 saturated carbocycles. The van der Waals surface area contributed by atoms with Crippen molar-refractivity contribution in [2.45, 2.75) is 37.8 Å². The highest BCUT2D eigenvalue weighted by Gasteiger charge is 2.50. The average molecular weight is 357 g/mol. The number of likely N-dealkylation sites (tertiary alicyclic amines) is 1. The minimum Gasteiger partial charge on any atom is -0.323 e. The molecule has 1 aliphatic carbocycles. The number of anilines is 1. The zero-order valence-electron chi connectivity index (χ0n) is 15.5. The van der Waals surface area contributed by atoms with Crippen molar-refractivity contribution in [1.82, 2.24) is 9.88 Å². The minimum absolute atomic E-state index is 0.0721. The summed E-state index contributed by atoms with van der Waals surface area (Å²) in [6, 6.07) is 18.9. The Kier molecular flexibility index (Phi) is 3.76. The van der Waals surface area contributed by atoms with Gasteiger partial charge in [0, 0.05) is 24.2 Å². The van der Waals surface area contributed by atoms with Gasteiger partial charge in [-0.3, -0.25) is 14.7 Å². The molecule has 1 saturated heterocycles. The molecule has 4 heteroatoms. The van der Waals surface area contributed by atoms with Gasteiger partial charge in [0.2, 0.25) is 5.91 Å². The lowest BCUT2D eigenvalue weighted by atomic mass is 9.83. The summed E-state index contributed by atoms with van der Waals surface area (Å²) in [5.74, 6) is 0.0721. The predicted molar refractivity (Wildman–Crippen MR) is 108 cm³/mol. The lowest BCUT2D eigenvalue weighted by Gasteiger charge is -2.52. The maximum Gasteiger partial charge on any atom is 0.244 e. The molecule has 2 aliphatic rings. The molecule has 0 bridgehead atoms. The van der Waals surface area contributed by atoms with E-state index in [0.717, 1.165) is 42.4 Å². The van der Waals surface area contributed by atoms with Gasteiger partial charge in [-0.2, -0.15) is 0 Å². The van der Waals surface area contributed by atoms with Crippen LogP contribution < -0.4 is 5.32 Å². The van der Waals surface area contributed by atoms with Crippen molar-refractivity contribution in [2.24, 2.45) is 0 Å². The Balaban J connectivity index is 1.37. The quantitative estimate of drug-likeness (QED) is 0.775. The molecule has 3 aromatic rings. The van der Waals surface area contributed by atoms with Gasteiger partial charge in [0.1, 0.15) is 0 Å². The molecular formula is C23H23N3O. The minimum atomic E-state index is -0.455. The zero-order chi connectivity index (χ0) is 18.4. The van der Waals surface area contributed by atoms with Crippen molar-refractivity contribution in [3.8, 4) is 0 Å². The van der Waals surface area contributed by atoms with E-state index in [9.17, 15) is 4.79 Å². The first kappa shape index (κ1) is 16.5. The van der Waals surface area contributed by atoms with E-state index in [4.69, 9.17) is 0 Å². The SMILES string of the molecule is CC1(C(=O)Nc2cccc3cccnc23)CCN1C1Cc2ccccc2C1. The molecule has 1 atom stereocenters. The number of hydrogen-bond donors (Lipinski definition) is 1. The number of pyridine rings is 1. The van der Waals surface area contributed by atoms with Gasteiger partial charge < -0.3 is 5.32 Å². The normalized spacial score (nSPS) is 22.4. The Morgan fingerprint density at radius 2 is 1.81 bits per heavy atom. The Labute approximate surface area is 159 Å². The Bertz CT molecular complexity index is 1000. The van der Waals surface area contributed by atoms with E-state index in [0.29, 0.717) is 6.04 Å². The summed E-state index contributed by atoms with van der Waals surface area (Å²) in [6.07, 6.45) is 4.73.